The minimum atomic E-state index is 0.370. The molecular weight excluding hydrogens is 388 g/mol. The summed E-state index contributed by atoms with van der Waals surface area (Å²) in [4.78, 5) is 8.89. The lowest BCUT2D eigenvalue weighted by atomic mass is 9.65. The predicted octanol–water partition coefficient (Wildman–Crippen LogP) is 3.92. The van der Waals surface area contributed by atoms with Gasteiger partial charge in [-0.3, -0.25) is 0 Å². The molecule has 4 N–H and O–H groups in total. The number of nitriles is 1. The molecule has 31 heavy (non-hydrogen) atoms. The normalized spacial score (nSPS) is 24.8. The van der Waals surface area contributed by atoms with Crippen molar-refractivity contribution >= 4 is 11.8 Å². The first-order valence-corrected chi connectivity index (χ1v) is 11.4. The van der Waals surface area contributed by atoms with Crippen LogP contribution in [0.3, 0.4) is 0 Å². The van der Waals surface area contributed by atoms with Gasteiger partial charge in [-0.2, -0.15) is 10.2 Å². The van der Waals surface area contributed by atoms with Crippen molar-refractivity contribution in [2.75, 3.05) is 23.8 Å². The monoisotopic (exact) mass is 420 g/mol. The highest BCUT2D eigenvalue weighted by atomic mass is 16.5. The van der Waals surface area contributed by atoms with E-state index in [-0.39, 0.29) is 0 Å². The Balaban J connectivity index is 1.39. The first kappa shape index (κ1) is 21.4. The van der Waals surface area contributed by atoms with Crippen LogP contribution in [0.5, 0.6) is 5.75 Å². The van der Waals surface area contributed by atoms with Gasteiger partial charge in [-0.05, 0) is 56.4 Å². The molecule has 7 nitrogen and oxygen atoms in total. The second-order valence-corrected chi connectivity index (χ2v) is 8.71. The third kappa shape index (κ3) is 5.08. The number of nitrogens with two attached hydrogens (primary N) is 1. The fourth-order valence-electron chi connectivity index (χ4n) is 5.13. The summed E-state index contributed by atoms with van der Waals surface area (Å²) < 4.78 is 5.69. The molecule has 7 heteroatoms. The molecule has 1 heterocycles. The van der Waals surface area contributed by atoms with E-state index in [9.17, 15) is 5.26 Å². The van der Waals surface area contributed by atoms with Crippen LogP contribution in [0, 0.1) is 29.1 Å². The van der Waals surface area contributed by atoms with E-state index in [0.29, 0.717) is 54.3 Å². The molecule has 0 aliphatic heterocycles. The summed E-state index contributed by atoms with van der Waals surface area (Å²) in [6, 6.07) is 10.5. The standard InChI is InChI=1S/C24H32N6O/c1-2-31-21-9-4-3-6-19(21)14-28-24-29-15-20(12-25)23(30-24)27-13-16-10-17-7-5-8-18(11-16)22(17)26/h3-4,6,9,15-18,22H,2,5,7-8,10-11,13-14,26H2,1H3,(H2,27,28,29,30)/t16?,17-,18+,22-. The molecule has 0 saturated heterocycles. The van der Waals surface area contributed by atoms with Crippen LogP contribution < -0.4 is 21.1 Å². The molecule has 0 radical (unpaired) electrons. The van der Waals surface area contributed by atoms with Crippen molar-refractivity contribution in [2.45, 2.75) is 51.6 Å². The number of rotatable bonds is 8. The van der Waals surface area contributed by atoms with Gasteiger partial charge in [-0.15, -0.1) is 0 Å². The molecule has 0 spiro atoms. The van der Waals surface area contributed by atoms with Gasteiger partial charge in [0.1, 0.15) is 23.2 Å². The maximum absolute atomic E-state index is 9.49. The number of anilines is 2. The van der Waals surface area contributed by atoms with Crippen LogP contribution in [-0.4, -0.2) is 29.2 Å². The highest BCUT2D eigenvalue weighted by Crippen LogP contribution is 2.41. The molecule has 2 saturated carbocycles. The molecule has 1 unspecified atom stereocenters. The van der Waals surface area contributed by atoms with Gasteiger partial charge in [0.25, 0.3) is 0 Å². The van der Waals surface area contributed by atoms with Crippen molar-refractivity contribution in [3.63, 3.8) is 0 Å². The van der Waals surface area contributed by atoms with Gasteiger partial charge in [-0.1, -0.05) is 24.6 Å². The fraction of sp³-hybridized carbons (Fsp3) is 0.542. The number of benzene rings is 1. The van der Waals surface area contributed by atoms with Crippen LogP contribution >= 0.6 is 0 Å². The summed E-state index contributed by atoms with van der Waals surface area (Å²) in [5, 5.41) is 16.2. The quantitative estimate of drug-likeness (QED) is 0.594. The van der Waals surface area contributed by atoms with E-state index >= 15 is 0 Å². The Morgan fingerprint density at radius 3 is 2.71 bits per heavy atom. The van der Waals surface area contributed by atoms with Crippen LogP contribution in [0.1, 0.15) is 50.2 Å². The van der Waals surface area contributed by atoms with Gasteiger partial charge in [0, 0.05) is 24.7 Å². The molecular formula is C24H32N6O. The van der Waals surface area contributed by atoms with Crippen molar-refractivity contribution in [1.82, 2.24) is 9.97 Å². The second kappa shape index (κ2) is 9.97. The average molecular weight is 421 g/mol. The summed E-state index contributed by atoms with van der Waals surface area (Å²) in [5.41, 5.74) is 7.93. The lowest BCUT2D eigenvalue weighted by Gasteiger charge is -2.44. The number of fused-ring (bicyclic) bond motifs is 2. The van der Waals surface area contributed by atoms with Crippen molar-refractivity contribution < 1.29 is 4.74 Å². The first-order chi connectivity index (χ1) is 15.2. The van der Waals surface area contributed by atoms with Crippen LogP contribution in [0.4, 0.5) is 11.8 Å². The summed E-state index contributed by atoms with van der Waals surface area (Å²) >= 11 is 0. The summed E-state index contributed by atoms with van der Waals surface area (Å²) in [7, 11) is 0. The van der Waals surface area contributed by atoms with E-state index in [4.69, 9.17) is 10.5 Å². The highest BCUT2D eigenvalue weighted by Gasteiger charge is 2.37. The van der Waals surface area contributed by atoms with Crippen LogP contribution in [0.2, 0.25) is 0 Å². The fourth-order valence-corrected chi connectivity index (χ4v) is 5.13. The highest BCUT2D eigenvalue weighted by molar-refractivity contribution is 5.53. The van der Waals surface area contributed by atoms with E-state index < -0.39 is 0 Å². The Morgan fingerprint density at radius 2 is 1.97 bits per heavy atom. The molecule has 2 aliphatic carbocycles. The van der Waals surface area contributed by atoms with Crippen LogP contribution in [0.25, 0.3) is 0 Å². The minimum Gasteiger partial charge on any atom is -0.494 e. The van der Waals surface area contributed by atoms with Crippen molar-refractivity contribution in [3.05, 3.63) is 41.6 Å². The van der Waals surface area contributed by atoms with Crippen LogP contribution in [0.15, 0.2) is 30.5 Å². The van der Waals surface area contributed by atoms with E-state index in [0.717, 1.165) is 30.7 Å². The molecule has 4 atom stereocenters. The lowest BCUT2D eigenvalue weighted by Crippen LogP contribution is -2.47. The number of ether oxygens (including phenoxy) is 1. The average Bonchev–Trinajstić information content (AvgIpc) is 2.77. The number of para-hydroxylation sites is 1. The molecule has 164 valence electrons. The molecule has 2 aromatic rings. The number of hydrogen-bond acceptors (Lipinski definition) is 7. The Labute approximate surface area is 184 Å². The molecule has 1 aromatic heterocycles. The Kier molecular flexibility index (Phi) is 6.88. The molecule has 1 aromatic carbocycles. The summed E-state index contributed by atoms with van der Waals surface area (Å²) in [6.07, 6.45) is 7.73. The Bertz CT molecular complexity index is 913. The molecule has 4 rings (SSSR count). The van der Waals surface area contributed by atoms with Gasteiger partial charge in [0.15, 0.2) is 0 Å². The van der Waals surface area contributed by atoms with Gasteiger partial charge in [-0.25, -0.2) is 4.98 Å². The molecule has 2 aliphatic rings. The lowest BCUT2D eigenvalue weighted by molar-refractivity contribution is 0.112. The maximum atomic E-state index is 9.49. The van der Waals surface area contributed by atoms with Gasteiger partial charge in [0.05, 0.1) is 12.8 Å². The zero-order valence-corrected chi connectivity index (χ0v) is 18.2. The summed E-state index contributed by atoms with van der Waals surface area (Å²) in [6.45, 7) is 3.95. The van der Waals surface area contributed by atoms with E-state index in [2.05, 4.69) is 26.7 Å². The zero-order valence-electron chi connectivity index (χ0n) is 18.2. The van der Waals surface area contributed by atoms with Gasteiger partial charge < -0.3 is 21.1 Å². The Hall–Kier alpha value is -2.85. The number of aromatic nitrogens is 2. The number of nitrogens with zero attached hydrogens (tertiary/aromatic N) is 3. The van der Waals surface area contributed by atoms with Crippen molar-refractivity contribution in [2.24, 2.45) is 23.5 Å². The SMILES string of the molecule is CCOc1ccccc1CNc1ncc(C#N)c(NCC2C[C@H]3CCC[C@@H](C2)[C@@H]3N)n1. The smallest absolute Gasteiger partial charge is 0.224 e. The second-order valence-electron chi connectivity index (χ2n) is 8.71. The zero-order chi connectivity index (χ0) is 21.6. The third-order valence-electron chi connectivity index (χ3n) is 6.69. The first-order valence-electron chi connectivity index (χ1n) is 11.4. The van der Waals surface area contributed by atoms with Crippen LogP contribution in [-0.2, 0) is 6.54 Å². The van der Waals surface area contributed by atoms with Gasteiger partial charge >= 0.3 is 0 Å². The maximum Gasteiger partial charge on any atom is 0.224 e. The van der Waals surface area contributed by atoms with Gasteiger partial charge in [0.2, 0.25) is 5.95 Å². The van der Waals surface area contributed by atoms with E-state index in [1.54, 1.807) is 6.20 Å². The number of nitrogens with one attached hydrogen (secondary N) is 2. The summed E-state index contributed by atoms with van der Waals surface area (Å²) in [5.74, 6) is 3.80. The Morgan fingerprint density at radius 1 is 1.19 bits per heavy atom. The number of hydrogen-bond donors (Lipinski definition) is 3. The van der Waals surface area contributed by atoms with Crippen molar-refractivity contribution in [1.29, 1.82) is 5.26 Å². The van der Waals surface area contributed by atoms with E-state index in [1.165, 1.54) is 19.3 Å². The topological polar surface area (TPSA) is 109 Å². The molecule has 2 bridgehead atoms. The predicted molar refractivity (Wildman–Crippen MR) is 122 cm³/mol. The molecule has 2 fully saturated rings. The minimum absolute atomic E-state index is 0.370. The third-order valence-corrected chi connectivity index (χ3v) is 6.69. The largest absolute Gasteiger partial charge is 0.494 e. The van der Waals surface area contributed by atoms with E-state index in [1.807, 2.05) is 31.2 Å². The van der Waals surface area contributed by atoms with Crippen molar-refractivity contribution in [3.8, 4) is 11.8 Å². The molecule has 0 amide bonds.